The van der Waals surface area contributed by atoms with Gasteiger partial charge >= 0.3 is 6.03 Å². The lowest BCUT2D eigenvalue weighted by Crippen LogP contribution is -2.41. The van der Waals surface area contributed by atoms with Crippen LogP contribution in [0.4, 0.5) is 4.79 Å². The van der Waals surface area contributed by atoms with Crippen molar-refractivity contribution in [2.24, 2.45) is 0 Å². The van der Waals surface area contributed by atoms with Gasteiger partial charge in [-0.3, -0.25) is 9.69 Å². The van der Waals surface area contributed by atoms with E-state index in [9.17, 15) is 9.59 Å². The third kappa shape index (κ3) is 3.90. The van der Waals surface area contributed by atoms with E-state index in [4.69, 9.17) is 21.1 Å². The summed E-state index contributed by atoms with van der Waals surface area (Å²) in [7, 11) is 0. The Morgan fingerprint density at radius 1 is 1.12 bits per heavy atom. The number of amides is 3. The number of carbonyl (C=O) groups excluding carboxylic acids is 2. The van der Waals surface area contributed by atoms with Gasteiger partial charge in [-0.1, -0.05) is 76.1 Å². The normalized spacial score (nSPS) is 22.0. The third-order valence-electron chi connectivity index (χ3n) is 5.91. The summed E-state index contributed by atoms with van der Waals surface area (Å²) >= 11 is 9.86. The van der Waals surface area contributed by atoms with Gasteiger partial charge in [0.1, 0.15) is 11.3 Å². The minimum atomic E-state index is -1.25. The van der Waals surface area contributed by atoms with E-state index in [1.807, 2.05) is 42.5 Å². The Kier molecular flexibility index (Phi) is 5.64. The van der Waals surface area contributed by atoms with Crippen LogP contribution in [-0.4, -0.2) is 16.8 Å². The van der Waals surface area contributed by atoms with E-state index in [0.717, 1.165) is 15.6 Å². The van der Waals surface area contributed by atoms with E-state index >= 15 is 0 Å². The SMILES string of the molecule is C[C@]1(c2ccccc2Cl)NC(=O)N(Cc2cc(Br)cc3c2O[C@H](c2ccccc2)OC3)C1=O. The smallest absolute Gasteiger partial charge is 0.325 e. The number of halogens is 2. The molecule has 0 aromatic heterocycles. The van der Waals surface area contributed by atoms with Gasteiger partial charge < -0.3 is 14.8 Å². The van der Waals surface area contributed by atoms with Gasteiger partial charge in [-0.15, -0.1) is 0 Å². The maximum absolute atomic E-state index is 13.4. The fourth-order valence-corrected chi connectivity index (χ4v) is 5.11. The summed E-state index contributed by atoms with van der Waals surface area (Å²) in [6.07, 6.45) is -0.574. The van der Waals surface area contributed by atoms with Crippen LogP contribution in [0.25, 0.3) is 0 Å². The van der Waals surface area contributed by atoms with Gasteiger partial charge in [-0.25, -0.2) is 4.79 Å². The molecule has 1 fully saturated rings. The van der Waals surface area contributed by atoms with Gasteiger partial charge in [0.15, 0.2) is 0 Å². The van der Waals surface area contributed by atoms with Gasteiger partial charge in [0.05, 0.1) is 13.2 Å². The lowest BCUT2D eigenvalue weighted by molar-refractivity contribution is -0.131. The maximum atomic E-state index is 13.4. The summed E-state index contributed by atoms with van der Waals surface area (Å²) < 4.78 is 12.9. The van der Waals surface area contributed by atoms with E-state index in [1.54, 1.807) is 31.2 Å². The zero-order valence-corrected chi connectivity index (χ0v) is 20.0. The number of hydrogen-bond donors (Lipinski definition) is 1. The van der Waals surface area contributed by atoms with Gasteiger partial charge in [0.25, 0.3) is 5.91 Å². The summed E-state index contributed by atoms with van der Waals surface area (Å²) in [6.45, 7) is 2.06. The Hall–Kier alpha value is -2.87. The van der Waals surface area contributed by atoms with Crippen LogP contribution in [0, 0.1) is 0 Å². The quantitative estimate of drug-likeness (QED) is 0.444. The van der Waals surface area contributed by atoms with Crippen LogP contribution in [0.5, 0.6) is 5.75 Å². The average molecular weight is 528 g/mol. The number of carbonyl (C=O) groups is 2. The molecule has 2 heterocycles. The number of imide groups is 1. The molecule has 1 N–H and O–H groups in total. The molecule has 168 valence electrons. The summed E-state index contributed by atoms with van der Waals surface area (Å²) in [5, 5.41) is 3.23. The maximum Gasteiger partial charge on any atom is 0.325 e. The van der Waals surface area contributed by atoms with Gasteiger partial charge in [-0.05, 0) is 25.1 Å². The molecule has 5 rings (SSSR count). The van der Waals surface area contributed by atoms with E-state index in [2.05, 4.69) is 21.2 Å². The first kappa shape index (κ1) is 21.9. The fraction of sp³-hybridized carbons (Fsp3) is 0.200. The molecule has 2 aliphatic rings. The Balaban J connectivity index is 1.47. The zero-order chi connectivity index (χ0) is 23.2. The van der Waals surface area contributed by atoms with Gasteiger partial charge in [-0.2, -0.15) is 0 Å². The topological polar surface area (TPSA) is 67.9 Å². The molecule has 1 saturated heterocycles. The Labute approximate surface area is 204 Å². The number of ether oxygens (including phenoxy) is 2. The second-order valence-electron chi connectivity index (χ2n) is 8.15. The second kappa shape index (κ2) is 8.48. The molecule has 6 nitrogen and oxygen atoms in total. The molecule has 0 aliphatic carbocycles. The highest BCUT2D eigenvalue weighted by Gasteiger charge is 2.50. The van der Waals surface area contributed by atoms with E-state index < -0.39 is 17.9 Å². The zero-order valence-electron chi connectivity index (χ0n) is 17.7. The summed E-state index contributed by atoms with van der Waals surface area (Å²) in [5.74, 6) is 0.242. The van der Waals surface area contributed by atoms with Crippen molar-refractivity contribution in [2.45, 2.75) is 31.9 Å². The monoisotopic (exact) mass is 526 g/mol. The Morgan fingerprint density at radius 2 is 1.85 bits per heavy atom. The average Bonchev–Trinajstić information content (AvgIpc) is 3.03. The van der Waals surface area contributed by atoms with Gasteiger partial charge in [0.2, 0.25) is 6.29 Å². The molecule has 0 saturated carbocycles. The molecule has 0 unspecified atom stereocenters. The molecule has 3 aromatic rings. The van der Waals surface area contributed by atoms with E-state index in [-0.39, 0.29) is 12.5 Å². The summed E-state index contributed by atoms with van der Waals surface area (Å²) in [6, 6.07) is 19.9. The molecular weight excluding hydrogens is 508 g/mol. The first-order chi connectivity index (χ1) is 15.9. The molecule has 3 aromatic carbocycles. The number of benzene rings is 3. The third-order valence-corrected chi connectivity index (χ3v) is 6.70. The van der Waals surface area contributed by atoms with Crippen molar-refractivity contribution in [3.05, 3.63) is 98.5 Å². The standard InChI is InChI=1S/C25H20BrClN2O4/c1-25(19-9-5-6-10-20(19)27)23(30)29(24(31)28-25)13-16-11-18(26)12-17-14-32-22(33-21(16)17)15-7-3-2-4-8-15/h2-12,22H,13-14H2,1H3,(H,28,31)/t22-,25-/m1/s1. The number of fused-ring (bicyclic) bond motifs is 1. The molecule has 0 radical (unpaired) electrons. The van der Waals surface area contributed by atoms with Crippen LogP contribution in [0.1, 0.15) is 35.5 Å². The molecule has 33 heavy (non-hydrogen) atoms. The largest absolute Gasteiger partial charge is 0.460 e. The number of nitrogens with zero attached hydrogens (tertiary/aromatic N) is 1. The summed E-state index contributed by atoms with van der Waals surface area (Å²) in [5.41, 5.74) is 1.73. The molecule has 0 spiro atoms. The molecule has 3 amide bonds. The lowest BCUT2D eigenvalue weighted by Gasteiger charge is -2.29. The minimum Gasteiger partial charge on any atom is -0.460 e. The Bertz CT molecular complexity index is 1250. The molecular formula is C25H20BrClN2O4. The van der Waals surface area contributed by atoms with Crippen LogP contribution in [0.2, 0.25) is 5.02 Å². The molecule has 0 bridgehead atoms. The predicted octanol–water partition coefficient (Wildman–Crippen LogP) is 5.68. The lowest BCUT2D eigenvalue weighted by atomic mass is 9.92. The fourth-order valence-electron chi connectivity index (χ4n) is 4.23. The second-order valence-corrected chi connectivity index (χ2v) is 9.47. The van der Waals surface area contributed by atoms with Crippen molar-refractivity contribution >= 4 is 39.5 Å². The highest BCUT2D eigenvalue weighted by atomic mass is 79.9. The highest BCUT2D eigenvalue weighted by Crippen LogP contribution is 2.40. The first-order valence-electron chi connectivity index (χ1n) is 10.4. The van der Waals surface area contributed by atoms with Crippen LogP contribution < -0.4 is 10.1 Å². The van der Waals surface area contributed by atoms with E-state index in [1.165, 1.54) is 4.90 Å². The number of rotatable bonds is 4. The van der Waals surface area contributed by atoms with Gasteiger partial charge in [0, 0.05) is 31.7 Å². The Morgan fingerprint density at radius 3 is 2.61 bits per heavy atom. The van der Waals surface area contributed by atoms with Crippen LogP contribution in [0.3, 0.4) is 0 Å². The van der Waals surface area contributed by atoms with Crippen molar-refractivity contribution in [3.63, 3.8) is 0 Å². The number of hydrogen-bond acceptors (Lipinski definition) is 4. The minimum absolute atomic E-state index is 0.0496. The molecule has 2 atom stereocenters. The van der Waals surface area contributed by atoms with Crippen LogP contribution >= 0.6 is 27.5 Å². The first-order valence-corrected chi connectivity index (χ1v) is 11.6. The van der Waals surface area contributed by atoms with Crippen molar-refractivity contribution in [1.29, 1.82) is 0 Å². The van der Waals surface area contributed by atoms with Crippen LogP contribution in [0.15, 0.2) is 71.2 Å². The van der Waals surface area contributed by atoms with Crippen molar-refractivity contribution in [1.82, 2.24) is 10.2 Å². The van der Waals surface area contributed by atoms with E-state index in [0.29, 0.717) is 28.5 Å². The number of urea groups is 1. The highest BCUT2D eigenvalue weighted by molar-refractivity contribution is 9.10. The predicted molar refractivity (Wildman–Crippen MR) is 127 cm³/mol. The van der Waals surface area contributed by atoms with Crippen molar-refractivity contribution < 1.29 is 19.1 Å². The molecule has 8 heteroatoms. The van der Waals surface area contributed by atoms with Crippen molar-refractivity contribution in [3.8, 4) is 5.75 Å². The van der Waals surface area contributed by atoms with Crippen molar-refractivity contribution in [2.75, 3.05) is 0 Å². The molecule has 2 aliphatic heterocycles. The number of nitrogens with one attached hydrogen (secondary N) is 1. The van der Waals surface area contributed by atoms with Crippen LogP contribution in [-0.2, 0) is 28.2 Å². The summed E-state index contributed by atoms with van der Waals surface area (Å²) in [4.78, 5) is 27.5.